The van der Waals surface area contributed by atoms with Crippen LogP contribution in [0.25, 0.3) is 21.5 Å². The predicted octanol–water partition coefficient (Wildman–Crippen LogP) is 4.09. The molecule has 31 heavy (non-hydrogen) atoms. The number of aromatic nitrogens is 2. The number of hydrogen-bond donors (Lipinski definition) is 0. The topological polar surface area (TPSA) is 79.8 Å². The van der Waals surface area contributed by atoms with Crippen LogP contribution in [0.15, 0.2) is 17.3 Å². The van der Waals surface area contributed by atoms with Crippen LogP contribution < -0.4 is 14.9 Å². The van der Waals surface area contributed by atoms with E-state index >= 15 is 0 Å². The zero-order chi connectivity index (χ0) is 22.5. The molecule has 7 nitrogen and oxygen atoms in total. The molecule has 0 saturated heterocycles. The highest BCUT2D eigenvalue weighted by molar-refractivity contribution is 7.98. The number of halogens is 1. The fourth-order valence-corrected chi connectivity index (χ4v) is 4.52. The van der Waals surface area contributed by atoms with Gasteiger partial charge in [-0.25, -0.2) is 14.8 Å². The zero-order valence-electron chi connectivity index (χ0n) is 17.5. The molecule has 0 saturated carbocycles. The van der Waals surface area contributed by atoms with E-state index in [1.54, 1.807) is 19.1 Å². The first-order valence-electron chi connectivity index (χ1n) is 9.34. The lowest BCUT2D eigenvalue weighted by Gasteiger charge is -2.13. The molecule has 3 aromatic rings. The van der Waals surface area contributed by atoms with Crippen LogP contribution >= 0.6 is 34.7 Å². The van der Waals surface area contributed by atoms with Gasteiger partial charge in [0.05, 0.1) is 24.8 Å². The van der Waals surface area contributed by atoms with Crippen molar-refractivity contribution in [2.45, 2.75) is 19.0 Å². The molecule has 2 aromatic heterocycles. The van der Waals surface area contributed by atoms with Gasteiger partial charge in [-0.05, 0) is 32.2 Å². The number of nitrogens with zero attached hydrogens (tertiary/aromatic N) is 2. The van der Waals surface area contributed by atoms with E-state index in [2.05, 4.69) is 9.97 Å². The number of benzene rings is 1. The van der Waals surface area contributed by atoms with Crippen LogP contribution in [0.5, 0.6) is 11.5 Å². The summed E-state index contributed by atoms with van der Waals surface area (Å²) in [5.74, 6) is 0.241. The van der Waals surface area contributed by atoms with Crippen molar-refractivity contribution in [3.63, 3.8) is 0 Å². The van der Waals surface area contributed by atoms with Crippen LogP contribution in [0.3, 0.4) is 0 Å². The number of carbonyl (C=O) groups is 1. The van der Waals surface area contributed by atoms with Crippen molar-refractivity contribution < 1.29 is 23.7 Å². The van der Waals surface area contributed by atoms with Crippen molar-refractivity contribution in [2.75, 3.05) is 33.4 Å². The molecule has 0 unspecified atom stereocenters. The summed E-state index contributed by atoms with van der Waals surface area (Å²) < 4.78 is 21.8. The number of methoxy groups -OCH3 is 1. The number of thiophene rings is 1. The number of ether oxygens (including phenoxy) is 4. The average molecular weight is 479 g/mol. The maximum Gasteiger partial charge on any atom is 0.352 e. The Balaban J connectivity index is 2.33. The van der Waals surface area contributed by atoms with Crippen molar-refractivity contribution in [3.8, 4) is 22.8 Å². The molecule has 0 bridgehead atoms. The molecule has 0 atom stereocenters. The molecule has 0 aliphatic heterocycles. The number of rotatable bonds is 9. The number of esters is 1. The van der Waals surface area contributed by atoms with Gasteiger partial charge in [-0.15, -0.1) is 11.3 Å². The first kappa shape index (κ1) is 23.7. The minimum Gasteiger partial charge on any atom is -0.497 e. The molecule has 0 N–H and O–H groups in total. The molecule has 3 rings (SSSR count). The van der Waals surface area contributed by atoms with E-state index in [1.165, 1.54) is 30.2 Å². The number of thioether (sulfide) groups is 1. The van der Waals surface area contributed by atoms with E-state index in [-0.39, 0.29) is 18.3 Å². The van der Waals surface area contributed by atoms with Gasteiger partial charge in [-0.1, -0.05) is 28.8 Å². The van der Waals surface area contributed by atoms with Crippen molar-refractivity contribution >= 4 is 64.2 Å². The third-order valence-electron chi connectivity index (χ3n) is 4.20. The monoisotopic (exact) mass is 478 g/mol. The van der Waals surface area contributed by atoms with Crippen molar-refractivity contribution in [2.24, 2.45) is 0 Å². The molecule has 2 radical (unpaired) electrons. The molecule has 2 heterocycles. The fraction of sp³-hybridized carbons (Fsp3) is 0.350. The maximum absolute atomic E-state index is 12.6. The molecule has 0 amide bonds. The second-order valence-corrected chi connectivity index (χ2v) is 8.23. The largest absolute Gasteiger partial charge is 0.497 e. The summed E-state index contributed by atoms with van der Waals surface area (Å²) >= 11 is 9.07. The van der Waals surface area contributed by atoms with Crippen LogP contribution in [0.4, 0.5) is 0 Å². The number of carbonyl (C=O) groups excluding carboxylic acids is 1. The summed E-state index contributed by atoms with van der Waals surface area (Å²) in [6.07, 6.45) is 1.86. The van der Waals surface area contributed by atoms with E-state index in [4.69, 9.17) is 38.4 Å². The van der Waals surface area contributed by atoms with Crippen LogP contribution in [-0.4, -0.2) is 57.2 Å². The summed E-state index contributed by atoms with van der Waals surface area (Å²) in [6, 6.07) is 3.30. The lowest BCUT2D eigenvalue weighted by Crippen LogP contribution is -2.09. The highest BCUT2D eigenvalue weighted by Crippen LogP contribution is 2.44. The molecule has 0 spiro atoms. The van der Waals surface area contributed by atoms with E-state index in [1.807, 2.05) is 13.2 Å². The summed E-state index contributed by atoms with van der Waals surface area (Å²) in [5.41, 5.74) is 1.47. The van der Waals surface area contributed by atoms with Crippen molar-refractivity contribution in [1.29, 1.82) is 0 Å². The van der Waals surface area contributed by atoms with Gasteiger partial charge in [0, 0.05) is 17.2 Å². The van der Waals surface area contributed by atoms with Gasteiger partial charge < -0.3 is 18.9 Å². The van der Waals surface area contributed by atoms with Gasteiger partial charge in [0.1, 0.15) is 18.4 Å². The van der Waals surface area contributed by atoms with Crippen molar-refractivity contribution in [3.05, 3.63) is 22.0 Å². The van der Waals surface area contributed by atoms with Gasteiger partial charge in [-0.3, -0.25) is 0 Å². The molecule has 0 fully saturated rings. The Hall–Kier alpha value is -2.01. The molecule has 1 aromatic carbocycles. The van der Waals surface area contributed by atoms with E-state index in [0.29, 0.717) is 55.2 Å². The summed E-state index contributed by atoms with van der Waals surface area (Å²) in [5, 5.41) is 1.44. The normalized spacial score (nSPS) is 11.0. The second kappa shape index (κ2) is 10.5. The summed E-state index contributed by atoms with van der Waals surface area (Å²) in [4.78, 5) is 22.7. The summed E-state index contributed by atoms with van der Waals surface area (Å²) in [7, 11) is 7.51. The SMILES string of the molecule is [B]c1cc(Cl)c(-c2nc(SC)nc3sc(C(=O)OCC)c(OCOCC)c23)cc1OC. The first-order valence-corrected chi connectivity index (χ1v) is 11.8. The third-order valence-corrected chi connectivity index (χ3v) is 6.10. The lowest BCUT2D eigenvalue weighted by molar-refractivity contribution is 0.0220. The Morgan fingerprint density at radius 1 is 1.26 bits per heavy atom. The Morgan fingerprint density at radius 3 is 2.68 bits per heavy atom. The third kappa shape index (κ3) is 4.92. The molecule has 0 aliphatic carbocycles. The zero-order valence-corrected chi connectivity index (χ0v) is 19.9. The predicted molar refractivity (Wildman–Crippen MR) is 125 cm³/mol. The minimum absolute atomic E-state index is 0.0444. The quantitative estimate of drug-likeness (QED) is 0.114. The average Bonchev–Trinajstić information content (AvgIpc) is 3.12. The lowest BCUT2D eigenvalue weighted by atomic mass is 9.92. The number of hydrogen-bond acceptors (Lipinski definition) is 9. The van der Waals surface area contributed by atoms with E-state index in [9.17, 15) is 4.79 Å². The van der Waals surface area contributed by atoms with Gasteiger partial charge in [-0.2, -0.15) is 0 Å². The Labute approximate surface area is 194 Å². The molecule has 162 valence electrons. The van der Waals surface area contributed by atoms with Crippen molar-refractivity contribution in [1.82, 2.24) is 9.97 Å². The van der Waals surface area contributed by atoms with Gasteiger partial charge in [0.25, 0.3) is 0 Å². The first-order chi connectivity index (χ1) is 14.9. The van der Waals surface area contributed by atoms with E-state index in [0.717, 1.165) is 0 Å². The molecule has 0 aliphatic rings. The minimum atomic E-state index is -0.505. The maximum atomic E-state index is 12.6. The van der Waals surface area contributed by atoms with E-state index < -0.39 is 5.97 Å². The standard InChI is InChI=1S/C20H20BClN2O5S2/c1-5-27-9-29-16-14-15(10-7-13(26-3)11(21)8-12(10)22)23-20(30-4)24-18(14)31-17(16)19(25)28-6-2/h7-8H,5-6,9H2,1-4H3. The molecule has 11 heteroatoms. The van der Waals surface area contributed by atoms with Crippen LogP contribution in [0, 0.1) is 0 Å². The Bertz CT molecular complexity index is 1110. The molecular weight excluding hydrogens is 459 g/mol. The fourth-order valence-electron chi connectivity index (χ4n) is 2.82. The highest BCUT2D eigenvalue weighted by Gasteiger charge is 2.27. The molecular formula is C20H20BClN2O5S2. The smallest absolute Gasteiger partial charge is 0.352 e. The van der Waals surface area contributed by atoms with Gasteiger partial charge in [0.2, 0.25) is 0 Å². The van der Waals surface area contributed by atoms with Gasteiger partial charge in [0.15, 0.2) is 22.6 Å². The Morgan fingerprint density at radius 2 is 2.03 bits per heavy atom. The summed E-state index contributed by atoms with van der Waals surface area (Å²) in [6.45, 7) is 4.23. The second-order valence-electron chi connectivity index (χ2n) is 6.05. The Kier molecular flexibility index (Phi) is 8.04. The number of fused-ring (bicyclic) bond motifs is 1. The van der Waals surface area contributed by atoms with Crippen LogP contribution in [0.1, 0.15) is 23.5 Å². The highest BCUT2D eigenvalue weighted by atomic mass is 35.5. The van der Waals surface area contributed by atoms with Crippen LogP contribution in [0.2, 0.25) is 5.02 Å². The van der Waals surface area contributed by atoms with Gasteiger partial charge >= 0.3 is 5.97 Å². The van der Waals surface area contributed by atoms with Crippen LogP contribution in [-0.2, 0) is 9.47 Å².